The molecule has 2 aromatic rings. The number of thiazole rings is 1. The summed E-state index contributed by atoms with van der Waals surface area (Å²) in [4.78, 5) is 20.3. The minimum atomic E-state index is -0.0648. The fraction of sp³-hybridized carbons (Fsp3) is 0.500. The Morgan fingerprint density at radius 2 is 2.00 bits per heavy atom. The Bertz CT molecular complexity index is 537. The van der Waals surface area contributed by atoms with Crippen molar-refractivity contribution in [3.8, 4) is 0 Å². The molecule has 2 aromatic heterocycles. The molecule has 5 nitrogen and oxygen atoms in total. The molecule has 0 spiro atoms. The zero-order valence-corrected chi connectivity index (χ0v) is 15.2. The van der Waals surface area contributed by atoms with Crippen LogP contribution in [0.1, 0.15) is 23.5 Å². The number of halogens is 2. The van der Waals surface area contributed by atoms with Crippen LogP contribution in [0.2, 0.25) is 0 Å². The summed E-state index contributed by atoms with van der Waals surface area (Å²) in [5.41, 5.74) is 5.37. The van der Waals surface area contributed by atoms with Crippen LogP contribution in [0.5, 0.6) is 0 Å². The van der Waals surface area contributed by atoms with E-state index in [4.69, 9.17) is 5.73 Å². The van der Waals surface area contributed by atoms with E-state index in [1.54, 1.807) is 11.3 Å². The van der Waals surface area contributed by atoms with Gasteiger partial charge in [-0.1, -0.05) is 11.3 Å². The van der Waals surface area contributed by atoms with Gasteiger partial charge in [0.2, 0.25) is 0 Å². The van der Waals surface area contributed by atoms with Crippen LogP contribution in [0, 0.1) is 0 Å². The average molecular weight is 371 g/mol. The molecule has 0 aromatic carbocycles. The number of carbonyl (C=O) groups excluding carboxylic acids is 1. The zero-order chi connectivity index (χ0) is 13.8. The largest absolute Gasteiger partial charge is 0.350 e. The smallest absolute Gasteiger partial charge is 0.261 e. The maximum Gasteiger partial charge on any atom is 0.261 e. The van der Waals surface area contributed by atoms with E-state index < -0.39 is 0 Å². The lowest BCUT2D eigenvalue weighted by Crippen LogP contribution is -2.28. The lowest BCUT2D eigenvalue weighted by atomic mass is 10.4. The standard InChI is InChI=1S/C12H18N4OS2.2ClH/c1-3-16(4-2)12-15-11-9(19-12)7-8(18-11)10(17)14-6-5-13;;/h7H,3-6,13H2,1-2H3,(H,14,17);2*1H. The van der Waals surface area contributed by atoms with Crippen LogP contribution < -0.4 is 16.0 Å². The molecule has 0 aliphatic rings. The van der Waals surface area contributed by atoms with Crippen LogP contribution in [-0.2, 0) is 0 Å². The highest BCUT2D eigenvalue weighted by Crippen LogP contribution is 2.34. The van der Waals surface area contributed by atoms with Gasteiger partial charge in [0.25, 0.3) is 5.91 Å². The maximum atomic E-state index is 11.8. The average Bonchev–Trinajstić information content (AvgIpc) is 2.95. The molecule has 21 heavy (non-hydrogen) atoms. The maximum absolute atomic E-state index is 11.8. The lowest BCUT2D eigenvalue weighted by Gasteiger charge is -2.16. The summed E-state index contributed by atoms with van der Waals surface area (Å²) in [6, 6.07) is 1.91. The summed E-state index contributed by atoms with van der Waals surface area (Å²) in [6.07, 6.45) is 0. The third kappa shape index (κ3) is 4.69. The van der Waals surface area contributed by atoms with Crippen molar-refractivity contribution in [1.29, 1.82) is 0 Å². The number of aromatic nitrogens is 1. The number of carbonyl (C=O) groups is 1. The third-order valence-corrected chi connectivity index (χ3v) is 4.99. The number of nitrogens with one attached hydrogen (secondary N) is 1. The van der Waals surface area contributed by atoms with E-state index in [9.17, 15) is 4.79 Å². The second-order valence-corrected chi connectivity index (χ2v) is 6.03. The van der Waals surface area contributed by atoms with Gasteiger partial charge in [-0.25, -0.2) is 4.98 Å². The van der Waals surface area contributed by atoms with E-state index in [-0.39, 0.29) is 30.7 Å². The van der Waals surface area contributed by atoms with Crippen LogP contribution >= 0.6 is 47.5 Å². The number of hydrogen-bond acceptors (Lipinski definition) is 6. The van der Waals surface area contributed by atoms with Crippen molar-refractivity contribution >= 4 is 68.1 Å². The normalized spacial score (nSPS) is 9.86. The Morgan fingerprint density at radius 1 is 1.33 bits per heavy atom. The molecule has 3 N–H and O–H groups in total. The van der Waals surface area contributed by atoms with Gasteiger partial charge in [-0.2, -0.15) is 0 Å². The molecule has 0 saturated carbocycles. The van der Waals surface area contributed by atoms with Crippen LogP contribution in [0.15, 0.2) is 6.07 Å². The summed E-state index contributed by atoms with van der Waals surface area (Å²) in [5, 5.41) is 3.80. The lowest BCUT2D eigenvalue weighted by molar-refractivity contribution is 0.0959. The number of amides is 1. The van der Waals surface area contributed by atoms with Gasteiger partial charge in [-0.05, 0) is 19.9 Å². The molecule has 0 atom stereocenters. The molecule has 0 radical (unpaired) electrons. The number of nitrogens with zero attached hydrogens (tertiary/aromatic N) is 2. The van der Waals surface area contributed by atoms with Gasteiger partial charge in [0.15, 0.2) is 5.13 Å². The Labute approximate surface area is 144 Å². The molecule has 0 aliphatic carbocycles. The Hall–Kier alpha value is -0.600. The van der Waals surface area contributed by atoms with Crippen molar-refractivity contribution in [2.45, 2.75) is 13.8 Å². The number of anilines is 1. The van der Waals surface area contributed by atoms with Crippen LogP contribution in [-0.4, -0.2) is 37.1 Å². The predicted molar refractivity (Wildman–Crippen MR) is 96.9 cm³/mol. The van der Waals surface area contributed by atoms with E-state index in [0.29, 0.717) is 18.0 Å². The number of thiophene rings is 1. The van der Waals surface area contributed by atoms with E-state index >= 15 is 0 Å². The van der Waals surface area contributed by atoms with E-state index in [1.807, 2.05) is 6.07 Å². The molecule has 0 aliphatic heterocycles. The molecule has 9 heteroatoms. The van der Waals surface area contributed by atoms with Gasteiger partial charge < -0.3 is 16.0 Å². The topological polar surface area (TPSA) is 71.2 Å². The fourth-order valence-electron chi connectivity index (χ4n) is 1.74. The number of hydrogen-bond donors (Lipinski definition) is 2. The first-order chi connectivity index (χ1) is 9.19. The Kier molecular flexibility index (Phi) is 9.15. The highest BCUT2D eigenvalue weighted by atomic mass is 35.5. The highest BCUT2D eigenvalue weighted by Gasteiger charge is 2.15. The van der Waals surface area contributed by atoms with Crippen molar-refractivity contribution in [2.24, 2.45) is 5.73 Å². The van der Waals surface area contributed by atoms with E-state index in [2.05, 4.69) is 29.0 Å². The van der Waals surface area contributed by atoms with E-state index in [1.165, 1.54) is 11.3 Å². The van der Waals surface area contributed by atoms with Crippen molar-refractivity contribution in [1.82, 2.24) is 10.3 Å². The summed E-state index contributed by atoms with van der Waals surface area (Å²) < 4.78 is 1.07. The SMILES string of the molecule is CCN(CC)c1nc2sc(C(=O)NCCN)cc2s1.Cl.Cl. The molecule has 0 fully saturated rings. The second kappa shape index (κ2) is 9.42. The molecule has 2 rings (SSSR count). The molecule has 0 bridgehead atoms. The second-order valence-electron chi connectivity index (χ2n) is 3.99. The van der Waals surface area contributed by atoms with Gasteiger partial charge in [0.05, 0.1) is 9.58 Å². The number of fused-ring (bicyclic) bond motifs is 1. The highest BCUT2D eigenvalue weighted by molar-refractivity contribution is 7.29. The van der Waals surface area contributed by atoms with Gasteiger partial charge in [0.1, 0.15) is 4.83 Å². The summed E-state index contributed by atoms with van der Waals surface area (Å²) >= 11 is 3.07. The number of rotatable bonds is 6. The van der Waals surface area contributed by atoms with Crippen molar-refractivity contribution in [3.05, 3.63) is 10.9 Å². The Morgan fingerprint density at radius 3 is 2.52 bits per heavy atom. The molecule has 1 amide bonds. The first-order valence-electron chi connectivity index (χ1n) is 6.33. The van der Waals surface area contributed by atoms with E-state index in [0.717, 1.165) is 27.8 Å². The van der Waals surface area contributed by atoms with Gasteiger partial charge in [0, 0.05) is 26.2 Å². The first kappa shape index (κ1) is 20.4. The monoisotopic (exact) mass is 370 g/mol. The quantitative estimate of drug-likeness (QED) is 0.819. The fourth-order valence-corrected chi connectivity index (χ4v) is 3.99. The van der Waals surface area contributed by atoms with Gasteiger partial charge in [-0.3, -0.25) is 4.79 Å². The molecular weight excluding hydrogens is 351 g/mol. The van der Waals surface area contributed by atoms with Crippen LogP contribution in [0.4, 0.5) is 5.13 Å². The molecular formula is C12H20Cl2N4OS2. The van der Waals surface area contributed by atoms with Crippen molar-refractivity contribution < 1.29 is 4.79 Å². The van der Waals surface area contributed by atoms with Gasteiger partial charge in [-0.15, -0.1) is 36.2 Å². The van der Waals surface area contributed by atoms with Gasteiger partial charge >= 0.3 is 0 Å². The first-order valence-corrected chi connectivity index (χ1v) is 7.96. The number of nitrogens with two attached hydrogens (primary N) is 1. The minimum absolute atomic E-state index is 0. The third-order valence-electron chi connectivity index (χ3n) is 2.77. The Balaban J connectivity index is 0.00000200. The molecule has 0 unspecified atom stereocenters. The zero-order valence-electron chi connectivity index (χ0n) is 11.9. The molecule has 0 saturated heterocycles. The van der Waals surface area contributed by atoms with Crippen molar-refractivity contribution in [2.75, 3.05) is 31.1 Å². The molecule has 2 heterocycles. The minimum Gasteiger partial charge on any atom is -0.350 e. The van der Waals surface area contributed by atoms with Crippen LogP contribution in [0.3, 0.4) is 0 Å². The van der Waals surface area contributed by atoms with Crippen molar-refractivity contribution in [3.63, 3.8) is 0 Å². The summed E-state index contributed by atoms with van der Waals surface area (Å²) in [7, 11) is 0. The predicted octanol–water partition coefficient (Wildman–Crippen LogP) is 2.74. The molecule has 120 valence electrons. The van der Waals surface area contributed by atoms with Crippen LogP contribution in [0.25, 0.3) is 9.53 Å². The summed E-state index contributed by atoms with van der Waals surface area (Å²) in [5.74, 6) is -0.0648. The summed E-state index contributed by atoms with van der Waals surface area (Å²) in [6.45, 7) is 7.08.